The summed E-state index contributed by atoms with van der Waals surface area (Å²) in [5.74, 6) is 2.25. The molecule has 2 aliphatic rings. The van der Waals surface area contributed by atoms with Crippen LogP contribution in [-0.4, -0.2) is 39.0 Å². The van der Waals surface area contributed by atoms with E-state index in [0.29, 0.717) is 18.1 Å². The topological polar surface area (TPSA) is 85.3 Å². The molecular weight excluding hydrogens is 442 g/mol. The van der Waals surface area contributed by atoms with Gasteiger partial charge in [-0.25, -0.2) is 9.67 Å². The molecule has 0 saturated heterocycles. The predicted octanol–water partition coefficient (Wildman–Crippen LogP) is 4.94. The first-order valence-corrected chi connectivity index (χ1v) is 11.7. The van der Waals surface area contributed by atoms with Crippen molar-refractivity contribution in [3.8, 4) is 28.7 Å². The van der Waals surface area contributed by atoms with Gasteiger partial charge in [0.25, 0.3) is 0 Å². The molecule has 0 aliphatic carbocycles. The van der Waals surface area contributed by atoms with Crippen LogP contribution in [0.2, 0.25) is 0 Å². The SMILES string of the molecule is CCN1C(=O)C(C)(C)c2cc3[nH]c(-c4nn(-c5ccc6c(c5)OCO6)c5ccccc45)nc3cc21. The van der Waals surface area contributed by atoms with Crippen LogP contribution in [0.1, 0.15) is 26.3 Å². The van der Waals surface area contributed by atoms with Gasteiger partial charge in [-0.15, -0.1) is 0 Å². The molecule has 5 aromatic rings. The largest absolute Gasteiger partial charge is 0.454 e. The number of likely N-dealkylation sites (N-methyl/N-ethyl adjacent to an activating group) is 1. The molecule has 0 unspecified atom stereocenters. The molecule has 7 rings (SSSR count). The minimum absolute atomic E-state index is 0.122. The van der Waals surface area contributed by atoms with Gasteiger partial charge in [-0.2, -0.15) is 5.10 Å². The van der Waals surface area contributed by atoms with Gasteiger partial charge >= 0.3 is 0 Å². The number of imidazole rings is 1. The highest BCUT2D eigenvalue weighted by molar-refractivity contribution is 6.09. The van der Waals surface area contributed by atoms with Crippen molar-refractivity contribution in [3.05, 3.63) is 60.2 Å². The Hall–Kier alpha value is -4.33. The molecule has 2 aromatic heterocycles. The highest BCUT2D eigenvalue weighted by Crippen LogP contribution is 2.43. The second kappa shape index (κ2) is 6.85. The van der Waals surface area contributed by atoms with Gasteiger partial charge < -0.3 is 19.4 Å². The molecule has 4 heterocycles. The van der Waals surface area contributed by atoms with E-state index in [0.717, 1.165) is 50.3 Å². The van der Waals surface area contributed by atoms with Gasteiger partial charge in [0.1, 0.15) is 5.69 Å². The monoisotopic (exact) mass is 465 g/mol. The van der Waals surface area contributed by atoms with Crippen molar-refractivity contribution >= 4 is 33.5 Å². The summed E-state index contributed by atoms with van der Waals surface area (Å²) in [6, 6.07) is 18.0. The quantitative estimate of drug-likeness (QED) is 0.408. The Labute approximate surface area is 201 Å². The molecule has 35 heavy (non-hydrogen) atoms. The number of ether oxygens (including phenoxy) is 2. The minimum atomic E-state index is -0.571. The van der Waals surface area contributed by atoms with Crippen molar-refractivity contribution in [2.45, 2.75) is 26.2 Å². The molecule has 1 N–H and O–H groups in total. The zero-order valence-corrected chi connectivity index (χ0v) is 19.6. The molecule has 0 saturated carbocycles. The van der Waals surface area contributed by atoms with Gasteiger partial charge in [0.15, 0.2) is 17.3 Å². The highest BCUT2D eigenvalue weighted by atomic mass is 16.7. The fraction of sp³-hybridized carbons (Fsp3) is 0.222. The van der Waals surface area contributed by atoms with Crippen LogP contribution < -0.4 is 14.4 Å². The van der Waals surface area contributed by atoms with Gasteiger partial charge in [0.05, 0.1) is 33.3 Å². The Morgan fingerprint density at radius 1 is 1.06 bits per heavy atom. The molecule has 0 spiro atoms. The number of fused-ring (bicyclic) bond motifs is 4. The van der Waals surface area contributed by atoms with Crippen molar-refractivity contribution in [2.75, 3.05) is 18.2 Å². The van der Waals surface area contributed by atoms with E-state index in [1.165, 1.54) is 0 Å². The minimum Gasteiger partial charge on any atom is -0.454 e. The van der Waals surface area contributed by atoms with Gasteiger partial charge in [-0.05, 0) is 56.7 Å². The second-order valence-corrected chi connectivity index (χ2v) is 9.46. The smallest absolute Gasteiger partial charge is 0.237 e. The maximum atomic E-state index is 12.9. The molecule has 174 valence electrons. The van der Waals surface area contributed by atoms with Crippen molar-refractivity contribution in [1.82, 2.24) is 19.7 Å². The second-order valence-electron chi connectivity index (χ2n) is 9.46. The predicted molar refractivity (Wildman–Crippen MR) is 133 cm³/mol. The number of H-pyrrole nitrogens is 1. The van der Waals surface area contributed by atoms with E-state index in [2.05, 4.69) is 17.1 Å². The number of rotatable bonds is 3. The Morgan fingerprint density at radius 2 is 1.89 bits per heavy atom. The Morgan fingerprint density at radius 3 is 2.74 bits per heavy atom. The van der Waals surface area contributed by atoms with E-state index in [1.807, 2.05) is 72.8 Å². The number of para-hydroxylation sites is 1. The molecule has 3 aromatic carbocycles. The molecular formula is C27H23N5O3. The fourth-order valence-corrected chi connectivity index (χ4v) is 5.21. The lowest BCUT2D eigenvalue weighted by atomic mass is 9.86. The number of aromatic nitrogens is 4. The van der Waals surface area contributed by atoms with Gasteiger partial charge in [-0.1, -0.05) is 18.2 Å². The molecule has 0 radical (unpaired) electrons. The summed E-state index contributed by atoms with van der Waals surface area (Å²) in [6.45, 7) is 6.81. The van der Waals surface area contributed by atoms with Crippen LogP contribution in [0.15, 0.2) is 54.6 Å². The number of anilines is 1. The summed E-state index contributed by atoms with van der Waals surface area (Å²) >= 11 is 0. The fourth-order valence-electron chi connectivity index (χ4n) is 5.21. The lowest BCUT2D eigenvalue weighted by Crippen LogP contribution is -2.35. The summed E-state index contributed by atoms with van der Waals surface area (Å²) in [6.07, 6.45) is 0. The third kappa shape index (κ3) is 2.70. The lowest BCUT2D eigenvalue weighted by Gasteiger charge is -2.18. The van der Waals surface area contributed by atoms with E-state index >= 15 is 0 Å². The highest BCUT2D eigenvalue weighted by Gasteiger charge is 2.43. The summed E-state index contributed by atoms with van der Waals surface area (Å²) in [7, 11) is 0. The first kappa shape index (κ1) is 20.1. The number of carbonyl (C=O) groups excluding carboxylic acids is 1. The number of amides is 1. The van der Waals surface area contributed by atoms with E-state index in [-0.39, 0.29) is 12.7 Å². The molecule has 0 fully saturated rings. The normalized spacial score (nSPS) is 16.0. The number of aromatic amines is 1. The zero-order valence-electron chi connectivity index (χ0n) is 19.6. The summed E-state index contributed by atoms with van der Waals surface area (Å²) < 4.78 is 12.9. The lowest BCUT2D eigenvalue weighted by molar-refractivity contribution is -0.122. The Kier molecular flexibility index (Phi) is 3.93. The van der Waals surface area contributed by atoms with Crippen LogP contribution in [-0.2, 0) is 10.2 Å². The molecule has 2 aliphatic heterocycles. The third-order valence-electron chi connectivity index (χ3n) is 7.07. The molecule has 0 atom stereocenters. The van der Waals surface area contributed by atoms with Gasteiger partial charge in [0, 0.05) is 18.0 Å². The van der Waals surface area contributed by atoms with Crippen LogP contribution in [0.25, 0.3) is 39.1 Å². The summed E-state index contributed by atoms with van der Waals surface area (Å²) in [5.41, 5.74) is 5.68. The standard InChI is InChI=1S/C27H23N5O3/c1-4-31-21-13-19-18(12-17(21)27(2,3)26(31)33)28-25(29-19)24-16-7-5-6-8-20(16)32(30-24)15-9-10-22-23(11-15)35-14-34-22/h5-13H,4,14H2,1-3H3,(H,28,29). The average Bonchev–Trinajstić information content (AvgIpc) is 3.61. The molecule has 8 nitrogen and oxygen atoms in total. The maximum absolute atomic E-state index is 12.9. The zero-order chi connectivity index (χ0) is 23.9. The number of nitrogens with zero attached hydrogens (tertiary/aromatic N) is 4. The van der Waals surface area contributed by atoms with E-state index in [1.54, 1.807) is 0 Å². The van der Waals surface area contributed by atoms with Crippen molar-refractivity contribution in [3.63, 3.8) is 0 Å². The molecule has 0 bridgehead atoms. The van der Waals surface area contributed by atoms with Crippen molar-refractivity contribution in [2.24, 2.45) is 0 Å². The number of hydrogen-bond acceptors (Lipinski definition) is 5. The Bertz CT molecular complexity index is 1680. The van der Waals surface area contributed by atoms with Crippen LogP contribution in [0.5, 0.6) is 11.5 Å². The van der Waals surface area contributed by atoms with Crippen molar-refractivity contribution < 1.29 is 14.3 Å². The summed E-state index contributed by atoms with van der Waals surface area (Å²) in [5, 5.41) is 5.95. The summed E-state index contributed by atoms with van der Waals surface area (Å²) in [4.78, 5) is 23.1. The number of hydrogen-bond donors (Lipinski definition) is 1. The van der Waals surface area contributed by atoms with E-state index in [4.69, 9.17) is 19.6 Å². The van der Waals surface area contributed by atoms with Crippen molar-refractivity contribution in [1.29, 1.82) is 0 Å². The van der Waals surface area contributed by atoms with Crippen LogP contribution >= 0.6 is 0 Å². The molecule has 1 amide bonds. The first-order chi connectivity index (χ1) is 17.0. The van der Waals surface area contributed by atoms with Crippen LogP contribution in [0.4, 0.5) is 5.69 Å². The van der Waals surface area contributed by atoms with Gasteiger partial charge in [-0.3, -0.25) is 4.79 Å². The number of nitrogens with one attached hydrogen (secondary N) is 1. The maximum Gasteiger partial charge on any atom is 0.237 e. The van der Waals surface area contributed by atoms with E-state index < -0.39 is 5.41 Å². The van der Waals surface area contributed by atoms with Crippen LogP contribution in [0, 0.1) is 0 Å². The van der Waals surface area contributed by atoms with E-state index in [9.17, 15) is 4.79 Å². The molecule has 8 heteroatoms. The van der Waals surface area contributed by atoms with Crippen LogP contribution in [0.3, 0.4) is 0 Å². The Balaban J connectivity index is 1.40. The first-order valence-electron chi connectivity index (χ1n) is 11.7. The average molecular weight is 466 g/mol. The number of benzene rings is 3. The number of carbonyl (C=O) groups is 1. The van der Waals surface area contributed by atoms with Gasteiger partial charge in [0.2, 0.25) is 12.7 Å². The third-order valence-corrected chi connectivity index (χ3v) is 7.07.